The SMILES string of the molecule is COc1ccc([N+](=O)[O-])cc1NC(=O)C1CCN(c2ccc(-c3ccccc3)nn2)CC1. The van der Waals surface area contributed by atoms with Crippen molar-refractivity contribution in [3.8, 4) is 17.0 Å². The van der Waals surface area contributed by atoms with Gasteiger partial charge >= 0.3 is 0 Å². The second-order valence-electron chi connectivity index (χ2n) is 7.54. The number of nitrogens with zero attached hydrogens (tertiary/aromatic N) is 4. The van der Waals surface area contributed by atoms with E-state index < -0.39 is 4.92 Å². The summed E-state index contributed by atoms with van der Waals surface area (Å²) in [5.41, 5.74) is 2.03. The van der Waals surface area contributed by atoms with Crippen molar-refractivity contribution < 1.29 is 14.5 Å². The van der Waals surface area contributed by atoms with Crippen LogP contribution in [-0.4, -0.2) is 41.2 Å². The zero-order valence-corrected chi connectivity index (χ0v) is 17.6. The van der Waals surface area contributed by atoms with Gasteiger partial charge in [0.1, 0.15) is 5.75 Å². The number of nitro groups is 1. The van der Waals surface area contributed by atoms with Crippen molar-refractivity contribution in [3.05, 3.63) is 70.8 Å². The van der Waals surface area contributed by atoms with E-state index in [-0.39, 0.29) is 17.5 Å². The Morgan fingerprint density at radius 1 is 1.09 bits per heavy atom. The third-order valence-electron chi connectivity index (χ3n) is 5.56. The minimum atomic E-state index is -0.502. The first-order valence-corrected chi connectivity index (χ1v) is 10.3. The molecular formula is C23H23N5O4. The van der Waals surface area contributed by atoms with E-state index >= 15 is 0 Å². The number of amides is 1. The van der Waals surface area contributed by atoms with Gasteiger partial charge in [0.25, 0.3) is 5.69 Å². The predicted octanol–water partition coefficient (Wildman–Crippen LogP) is 3.92. The predicted molar refractivity (Wildman–Crippen MR) is 121 cm³/mol. The fourth-order valence-electron chi connectivity index (χ4n) is 3.77. The number of nitro benzene ring substituents is 1. The Morgan fingerprint density at radius 3 is 2.47 bits per heavy atom. The molecule has 0 spiro atoms. The number of rotatable bonds is 6. The van der Waals surface area contributed by atoms with Crippen LogP contribution in [-0.2, 0) is 4.79 Å². The summed E-state index contributed by atoms with van der Waals surface area (Å²) >= 11 is 0. The summed E-state index contributed by atoms with van der Waals surface area (Å²) in [6.45, 7) is 1.34. The van der Waals surface area contributed by atoms with E-state index in [1.54, 1.807) is 0 Å². The average molecular weight is 433 g/mol. The number of piperidine rings is 1. The summed E-state index contributed by atoms with van der Waals surface area (Å²) in [7, 11) is 1.46. The lowest BCUT2D eigenvalue weighted by Crippen LogP contribution is -2.38. The Balaban J connectivity index is 1.37. The number of benzene rings is 2. The fourth-order valence-corrected chi connectivity index (χ4v) is 3.77. The molecule has 1 saturated heterocycles. The molecule has 0 unspecified atom stereocenters. The quantitative estimate of drug-likeness (QED) is 0.463. The lowest BCUT2D eigenvalue weighted by molar-refractivity contribution is -0.384. The molecule has 9 heteroatoms. The smallest absolute Gasteiger partial charge is 0.271 e. The number of carbonyl (C=O) groups excluding carboxylic acids is 1. The number of ether oxygens (including phenoxy) is 1. The van der Waals surface area contributed by atoms with Crippen LogP contribution in [0.3, 0.4) is 0 Å². The largest absolute Gasteiger partial charge is 0.495 e. The third-order valence-corrected chi connectivity index (χ3v) is 5.56. The molecule has 1 aliphatic heterocycles. The molecule has 1 amide bonds. The van der Waals surface area contributed by atoms with Gasteiger partial charge in [0, 0.05) is 36.7 Å². The first kappa shape index (κ1) is 21.2. The fraction of sp³-hybridized carbons (Fsp3) is 0.261. The number of carbonyl (C=O) groups is 1. The number of anilines is 2. The highest BCUT2D eigenvalue weighted by Crippen LogP contribution is 2.30. The minimum Gasteiger partial charge on any atom is -0.495 e. The lowest BCUT2D eigenvalue weighted by atomic mass is 9.95. The number of hydrogen-bond acceptors (Lipinski definition) is 7. The minimum absolute atomic E-state index is 0.103. The van der Waals surface area contributed by atoms with Gasteiger partial charge in [-0.15, -0.1) is 10.2 Å². The lowest BCUT2D eigenvalue weighted by Gasteiger charge is -2.31. The van der Waals surface area contributed by atoms with Gasteiger partial charge in [-0.3, -0.25) is 14.9 Å². The number of nitrogens with one attached hydrogen (secondary N) is 1. The highest BCUT2D eigenvalue weighted by atomic mass is 16.6. The molecule has 1 fully saturated rings. The molecule has 0 bridgehead atoms. The van der Waals surface area contributed by atoms with Gasteiger partial charge in [0.2, 0.25) is 5.91 Å². The second kappa shape index (κ2) is 9.42. The van der Waals surface area contributed by atoms with Crippen molar-refractivity contribution >= 4 is 23.1 Å². The van der Waals surface area contributed by atoms with E-state index in [9.17, 15) is 14.9 Å². The molecule has 9 nitrogen and oxygen atoms in total. The number of hydrogen-bond donors (Lipinski definition) is 1. The molecule has 2 aromatic carbocycles. The molecular weight excluding hydrogens is 410 g/mol. The molecule has 0 aliphatic carbocycles. The molecule has 2 heterocycles. The molecule has 1 aliphatic rings. The zero-order valence-electron chi connectivity index (χ0n) is 17.6. The maximum Gasteiger partial charge on any atom is 0.271 e. The number of non-ortho nitro benzene ring substituents is 1. The summed E-state index contributed by atoms with van der Waals surface area (Å²) < 4.78 is 5.22. The Labute approximate surface area is 185 Å². The van der Waals surface area contributed by atoms with Crippen molar-refractivity contribution in [1.82, 2.24) is 10.2 Å². The maximum atomic E-state index is 12.8. The molecule has 1 aromatic heterocycles. The van der Waals surface area contributed by atoms with E-state index in [0.717, 1.165) is 17.1 Å². The van der Waals surface area contributed by atoms with Crippen LogP contribution in [0.1, 0.15) is 12.8 Å². The van der Waals surface area contributed by atoms with Crippen LogP contribution in [0, 0.1) is 16.0 Å². The molecule has 32 heavy (non-hydrogen) atoms. The first-order chi connectivity index (χ1) is 15.5. The third kappa shape index (κ3) is 4.66. The molecule has 3 aromatic rings. The zero-order chi connectivity index (χ0) is 22.5. The van der Waals surface area contributed by atoms with E-state index in [1.807, 2.05) is 42.5 Å². The van der Waals surface area contributed by atoms with Crippen LogP contribution in [0.15, 0.2) is 60.7 Å². The maximum absolute atomic E-state index is 12.8. The molecule has 1 N–H and O–H groups in total. The Morgan fingerprint density at radius 2 is 1.84 bits per heavy atom. The Kier molecular flexibility index (Phi) is 6.25. The van der Waals surface area contributed by atoms with Gasteiger partial charge < -0.3 is 15.0 Å². The van der Waals surface area contributed by atoms with Crippen LogP contribution in [0.2, 0.25) is 0 Å². The molecule has 0 saturated carbocycles. The molecule has 0 radical (unpaired) electrons. The van der Waals surface area contributed by atoms with Gasteiger partial charge in [-0.1, -0.05) is 30.3 Å². The molecule has 4 rings (SSSR count). The van der Waals surface area contributed by atoms with Crippen molar-refractivity contribution in [3.63, 3.8) is 0 Å². The summed E-state index contributed by atoms with van der Waals surface area (Å²) in [5.74, 6) is 0.791. The van der Waals surface area contributed by atoms with Crippen molar-refractivity contribution in [2.24, 2.45) is 5.92 Å². The van der Waals surface area contributed by atoms with Gasteiger partial charge in [-0.05, 0) is 31.0 Å². The normalized spacial score (nSPS) is 14.1. The van der Waals surface area contributed by atoms with E-state index in [4.69, 9.17) is 4.74 Å². The summed E-state index contributed by atoms with van der Waals surface area (Å²) in [4.78, 5) is 25.4. The van der Waals surface area contributed by atoms with Gasteiger partial charge in [-0.2, -0.15) is 0 Å². The second-order valence-corrected chi connectivity index (χ2v) is 7.54. The van der Waals surface area contributed by atoms with E-state index in [1.165, 1.54) is 25.3 Å². The monoisotopic (exact) mass is 433 g/mol. The number of aromatic nitrogens is 2. The Bertz CT molecular complexity index is 1100. The highest BCUT2D eigenvalue weighted by Gasteiger charge is 2.27. The molecule has 0 atom stereocenters. The van der Waals surface area contributed by atoms with Crippen molar-refractivity contribution in [2.45, 2.75) is 12.8 Å². The first-order valence-electron chi connectivity index (χ1n) is 10.3. The average Bonchev–Trinajstić information content (AvgIpc) is 2.84. The van der Waals surface area contributed by atoms with Crippen LogP contribution in [0.25, 0.3) is 11.3 Å². The van der Waals surface area contributed by atoms with Gasteiger partial charge in [0.05, 0.1) is 23.4 Å². The van der Waals surface area contributed by atoms with Gasteiger partial charge in [0.15, 0.2) is 5.82 Å². The molecule has 164 valence electrons. The van der Waals surface area contributed by atoms with E-state index in [2.05, 4.69) is 20.4 Å². The topological polar surface area (TPSA) is 110 Å². The van der Waals surface area contributed by atoms with Crippen LogP contribution in [0.4, 0.5) is 17.2 Å². The summed E-state index contributed by atoms with van der Waals surface area (Å²) in [6, 6.07) is 17.9. The van der Waals surface area contributed by atoms with Crippen LogP contribution in [0.5, 0.6) is 5.75 Å². The summed E-state index contributed by atoms with van der Waals surface area (Å²) in [6.07, 6.45) is 1.29. The Hall–Kier alpha value is -4.01. The highest BCUT2D eigenvalue weighted by molar-refractivity contribution is 5.94. The van der Waals surface area contributed by atoms with Crippen LogP contribution >= 0.6 is 0 Å². The standard InChI is InChI=1S/C23H23N5O4/c1-32-21-9-7-18(28(30)31)15-20(21)24-23(29)17-11-13-27(14-12-17)22-10-8-19(25-26-22)16-5-3-2-4-6-16/h2-10,15,17H,11-14H2,1H3,(H,24,29). The van der Waals surface area contributed by atoms with E-state index in [0.29, 0.717) is 37.4 Å². The number of methoxy groups -OCH3 is 1. The summed E-state index contributed by atoms with van der Waals surface area (Å²) in [5, 5.41) is 22.5. The van der Waals surface area contributed by atoms with Crippen LogP contribution < -0.4 is 15.0 Å². The van der Waals surface area contributed by atoms with Crippen molar-refractivity contribution in [2.75, 3.05) is 30.4 Å². The van der Waals surface area contributed by atoms with Crippen molar-refractivity contribution in [1.29, 1.82) is 0 Å². The van der Waals surface area contributed by atoms with Gasteiger partial charge in [-0.25, -0.2) is 0 Å².